The van der Waals surface area contributed by atoms with Crippen molar-refractivity contribution in [3.63, 3.8) is 0 Å². The number of H-pyrrole nitrogens is 1. The molecule has 1 unspecified atom stereocenters. The molecule has 0 radical (unpaired) electrons. The smallest absolute Gasteiger partial charge is 0.217 e. The van der Waals surface area contributed by atoms with Crippen LogP contribution in [0.2, 0.25) is 0 Å². The predicted molar refractivity (Wildman–Crippen MR) is 107 cm³/mol. The van der Waals surface area contributed by atoms with Crippen molar-refractivity contribution in [2.24, 2.45) is 5.73 Å². The minimum absolute atomic E-state index is 0.236. The summed E-state index contributed by atoms with van der Waals surface area (Å²) in [5.74, 6) is -0.236. The third-order valence-electron chi connectivity index (χ3n) is 5.20. The van der Waals surface area contributed by atoms with E-state index >= 15 is 0 Å². The first-order chi connectivity index (χ1) is 12.7. The van der Waals surface area contributed by atoms with E-state index in [9.17, 15) is 4.79 Å². The van der Waals surface area contributed by atoms with Crippen molar-refractivity contribution in [2.45, 2.75) is 18.9 Å². The molecule has 2 heterocycles. The fraction of sp³-hybridized carbons (Fsp3) is 0.286. The summed E-state index contributed by atoms with van der Waals surface area (Å²) in [5, 5.41) is 1.21. The number of primary amides is 1. The van der Waals surface area contributed by atoms with E-state index in [0.717, 1.165) is 31.6 Å². The third kappa shape index (κ3) is 3.25. The van der Waals surface area contributed by atoms with Crippen LogP contribution in [0.3, 0.4) is 0 Å². The fourth-order valence-electron chi connectivity index (χ4n) is 3.91. The van der Waals surface area contributed by atoms with E-state index in [2.05, 4.69) is 63.3 Å². The number of piperazine rings is 1. The van der Waals surface area contributed by atoms with Crippen molar-refractivity contribution in [3.8, 4) is 0 Å². The minimum Gasteiger partial charge on any atom is -0.370 e. The van der Waals surface area contributed by atoms with Crippen LogP contribution < -0.4 is 15.5 Å². The Bertz CT molecular complexity index is 889. The molecule has 1 aromatic heterocycles. The normalized spacial score (nSPS) is 17.6. The summed E-state index contributed by atoms with van der Waals surface area (Å²) in [7, 11) is 0. The van der Waals surface area contributed by atoms with Gasteiger partial charge in [-0.15, -0.1) is 0 Å². The number of benzene rings is 2. The molecular weight excluding hydrogens is 324 g/mol. The monoisotopic (exact) mass is 348 g/mol. The molecule has 1 aliphatic heterocycles. The molecule has 1 fully saturated rings. The number of hydrogen-bond donors (Lipinski definition) is 2. The van der Waals surface area contributed by atoms with E-state index in [1.807, 2.05) is 12.3 Å². The Balaban J connectivity index is 1.63. The van der Waals surface area contributed by atoms with Gasteiger partial charge in [-0.3, -0.25) is 4.79 Å². The van der Waals surface area contributed by atoms with Crippen molar-refractivity contribution in [2.75, 3.05) is 29.4 Å². The second kappa shape index (κ2) is 7.12. The molecule has 26 heavy (non-hydrogen) atoms. The Hall–Kier alpha value is -2.95. The van der Waals surface area contributed by atoms with E-state index < -0.39 is 0 Å². The van der Waals surface area contributed by atoms with Gasteiger partial charge >= 0.3 is 0 Å². The van der Waals surface area contributed by atoms with E-state index in [1.165, 1.54) is 16.8 Å². The van der Waals surface area contributed by atoms with Crippen molar-refractivity contribution in [1.82, 2.24) is 4.98 Å². The molecule has 3 aromatic rings. The summed E-state index contributed by atoms with van der Waals surface area (Å²) in [6.45, 7) is 2.75. The quantitative estimate of drug-likeness (QED) is 0.744. The van der Waals surface area contributed by atoms with Crippen LogP contribution in [0.5, 0.6) is 0 Å². The summed E-state index contributed by atoms with van der Waals surface area (Å²) in [5.41, 5.74) is 9.03. The Morgan fingerprint density at radius 2 is 1.92 bits per heavy atom. The van der Waals surface area contributed by atoms with Gasteiger partial charge in [-0.25, -0.2) is 0 Å². The highest BCUT2D eigenvalue weighted by atomic mass is 16.1. The van der Waals surface area contributed by atoms with Crippen LogP contribution in [0.1, 0.15) is 12.8 Å². The molecule has 3 N–H and O–H groups in total. The van der Waals surface area contributed by atoms with Crippen LogP contribution in [0.4, 0.5) is 11.4 Å². The number of nitrogens with zero attached hydrogens (tertiary/aromatic N) is 2. The number of nitrogens with two attached hydrogens (primary N) is 1. The summed E-state index contributed by atoms with van der Waals surface area (Å²) in [6.07, 6.45) is 3.15. The predicted octanol–water partition coefficient (Wildman–Crippen LogP) is 3.13. The lowest BCUT2D eigenvalue weighted by molar-refractivity contribution is -0.118. The fourth-order valence-corrected chi connectivity index (χ4v) is 3.91. The number of anilines is 2. The maximum Gasteiger partial charge on any atom is 0.217 e. The lowest BCUT2D eigenvalue weighted by Crippen LogP contribution is -2.53. The largest absolute Gasteiger partial charge is 0.370 e. The zero-order valence-corrected chi connectivity index (χ0v) is 14.8. The highest BCUT2D eigenvalue weighted by Gasteiger charge is 2.28. The summed E-state index contributed by atoms with van der Waals surface area (Å²) >= 11 is 0. The van der Waals surface area contributed by atoms with Crippen LogP contribution in [0, 0.1) is 0 Å². The number of rotatable bonds is 5. The summed E-state index contributed by atoms with van der Waals surface area (Å²) in [6, 6.07) is 19.2. The van der Waals surface area contributed by atoms with Crippen molar-refractivity contribution in [1.29, 1.82) is 0 Å². The number of nitrogens with one attached hydrogen (secondary N) is 1. The van der Waals surface area contributed by atoms with Gasteiger partial charge in [-0.1, -0.05) is 30.3 Å². The van der Waals surface area contributed by atoms with Gasteiger partial charge in [-0.05, 0) is 30.7 Å². The van der Waals surface area contributed by atoms with E-state index in [4.69, 9.17) is 5.73 Å². The number of carbonyl (C=O) groups is 1. The molecule has 1 saturated heterocycles. The van der Waals surface area contributed by atoms with Gasteiger partial charge in [0.1, 0.15) is 0 Å². The SMILES string of the molecule is NC(=O)CCC1CN(c2ccccc2)CCN1c1cccc2cc[nH]c12. The number of amides is 1. The minimum atomic E-state index is -0.236. The zero-order chi connectivity index (χ0) is 17.9. The second-order valence-corrected chi connectivity index (χ2v) is 6.85. The average molecular weight is 348 g/mol. The number of aromatic nitrogens is 1. The third-order valence-corrected chi connectivity index (χ3v) is 5.20. The van der Waals surface area contributed by atoms with Crippen molar-refractivity contribution < 1.29 is 4.79 Å². The average Bonchev–Trinajstić information content (AvgIpc) is 3.16. The van der Waals surface area contributed by atoms with E-state index in [-0.39, 0.29) is 11.9 Å². The molecule has 1 amide bonds. The van der Waals surface area contributed by atoms with Gasteiger partial charge in [0.15, 0.2) is 0 Å². The highest BCUT2D eigenvalue weighted by Crippen LogP contribution is 2.31. The molecule has 5 heteroatoms. The van der Waals surface area contributed by atoms with Crippen LogP contribution in [0.25, 0.3) is 10.9 Å². The Morgan fingerprint density at radius 1 is 1.08 bits per heavy atom. The lowest BCUT2D eigenvalue weighted by atomic mass is 10.0. The Kier molecular flexibility index (Phi) is 4.52. The Morgan fingerprint density at radius 3 is 2.73 bits per heavy atom. The molecule has 5 nitrogen and oxygen atoms in total. The first-order valence-electron chi connectivity index (χ1n) is 9.13. The summed E-state index contributed by atoms with van der Waals surface area (Å²) < 4.78 is 0. The van der Waals surface area contributed by atoms with Crippen LogP contribution in [-0.2, 0) is 4.79 Å². The molecule has 0 saturated carbocycles. The maximum atomic E-state index is 11.4. The van der Waals surface area contributed by atoms with Gasteiger partial charge in [0, 0.05) is 49.4 Å². The Labute approximate surface area is 153 Å². The highest BCUT2D eigenvalue weighted by molar-refractivity contribution is 5.91. The van der Waals surface area contributed by atoms with Gasteiger partial charge < -0.3 is 20.5 Å². The van der Waals surface area contributed by atoms with Gasteiger partial charge in [-0.2, -0.15) is 0 Å². The number of aromatic amines is 1. The van der Waals surface area contributed by atoms with E-state index in [1.54, 1.807) is 0 Å². The molecule has 134 valence electrons. The standard InChI is InChI=1S/C21H24N4O/c22-20(26)10-9-18-15-24(17-6-2-1-3-7-17)13-14-25(18)19-8-4-5-16-11-12-23-21(16)19/h1-8,11-12,18,23H,9-10,13-15H2,(H2,22,26). The first kappa shape index (κ1) is 16.5. The van der Waals surface area contributed by atoms with Crippen LogP contribution >= 0.6 is 0 Å². The molecule has 0 bridgehead atoms. The topological polar surface area (TPSA) is 65.4 Å². The molecule has 1 atom stereocenters. The van der Waals surface area contributed by atoms with Crippen LogP contribution in [-0.4, -0.2) is 36.6 Å². The number of hydrogen-bond acceptors (Lipinski definition) is 3. The lowest BCUT2D eigenvalue weighted by Gasteiger charge is -2.44. The maximum absolute atomic E-state index is 11.4. The second-order valence-electron chi connectivity index (χ2n) is 6.85. The van der Waals surface area contributed by atoms with Crippen LogP contribution in [0.15, 0.2) is 60.8 Å². The molecule has 0 spiro atoms. The van der Waals surface area contributed by atoms with Crippen molar-refractivity contribution >= 4 is 28.2 Å². The molecular formula is C21H24N4O. The summed E-state index contributed by atoms with van der Waals surface area (Å²) in [4.78, 5) is 19.6. The van der Waals surface area contributed by atoms with Gasteiger partial charge in [0.25, 0.3) is 0 Å². The molecule has 4 rings (SSSR count). The molecule has 0 aliphatic carbocycles. The zero-order valence-electron chi connectivity index (χ0n) is 14.8. The van der Waals surface area contributed by atoms with E-state index in [0.29, 0.717) is 6.42 Å². The number of carbonyl (C=O) groups excluding carboxylic acids is 1. The van der Waals surface area contributed by atoms with Crippen molar-refractivity contribution in [3.05, 3.63) is 60.8 Å². The number of fused-ring (bicyclic) bond motifs is 1. The number of para-hydroxylation sites is 2. The van der Waals surface area contributed by atoms with Gasteiger partial charge in [0.2, 0.25) is 5.91 Å². The van der Waals surface area contributed by atoms with Gasteiger partial charge in [0.05, 0.1) is 11.2 Å². The first-order valence-corrected chi connectivity index (χ1v) is 9.13. The molecule has 2 aromatic carbocycles. The molecule has 1 aliphatic rings.